The van der Waals surface area contributed by atoms with Gasteiger partial charge in [-0.2, -0.15) is 4.31 Å². The van der Waals surface area contributed by atoms with E-state index in [4.69, 9.17) is 23.2 Å². The van der Waals surface area contributed by atoms with Crippen LogP contribution >= 0.6 is 23.2 Å². The van der Waals surface area contributed by atoms with Gasteiger partial charge in [0.1, 0.15) is 4.90 Å². The lowest BCUT2D eigenvalue weighted by Crippen LogP contribution is -2.34. The van der Waals surface area contributed by atoms with Gasteiger partial charge in [0.2, 0.25) is 10.0 Å². The molecule has 2 rings (SSSR count). The Bertz CT molecular complexity index is 1070. The van der Waals surface area contributed by atoms with E-state index in [0.717, 1.165) is 6.26 Å². The second kappa shape index (κ2) is 9.76. The van der Waals surface area contributed by atoms with Gasteiger partial charge in [-0.05, 0) is 56.9 Å². The highest BCUT2D eigenvalue weighted by Crippen LogP contribution is 2.28. The summed E-state index contributed by atoms with van der Waals surface area (Å²) in [6.45, 7) is 0.949. The number of sulfonamides is 1. The van der Waals surface area contributed by atoms with Gasteiger partial charge in [-0.15, -0.1) is 0 Å². The quantitative estimate of drug-likeness (QED) is 0.550. The van der Waals surface area contributed by atoms with Gasteiger partial charge >= 0.3 is 0 Å². The molecule has 2 aromatic carbocycles. The summed E-state index contributed by atoms with van der Waals surface area (Å²) in [5.74, 6) is 0. The van der Waals surface area contributed by atoms with Crippen molar-refractivity contribution in [3.63, 3.8) is 0 Å². The second-order valence-electron chi connectivity index (χ2n) is 6.96. The van der Waals surface area contributed by atoms with Crippen molar-refractivity contribution in [2.45, 2.75) is 22.8 Å². The monoisotopic (exact) mass is 478 g/mol. The summed E-state index contributed by atoms with van der Waals surface area (Å²) in [4.78, 5) is 1.51. The molecule has 0 unspecified atom stereocenters. The predicted octanol–water partition coefficient (Wildman–Crippen LogP) is 3.54. The SMILES string of the molecule is CN(C)CCCN(Cc1ccc(Cl)c(Cl)c1)S(=O)(=O)c1ccccc1S(C)(=O)=O. The van der Waals surface area contributed by atoms with Gasteiger partial charge in [0.15, 0.2) is 9.84 Å². The molecule has 0 amide bonds. The first-order chi connectivity index (χ1) is 13.4. The van der Waals surface area contributed by atoms with Gasteiger partial charge in [-0.1, -0.05) is 41.4 Å². The summed E-state index contributed by atoms with van der Waals surface area (Å²) in [5, 5.41) is 0.700. The van der Waals surface area contributed by atoms with Crippen molar-refractivity contribution in [1.29, 1.82) is 0 Å². The molecule has 0 spiro atoms. The van der Waals surface area contributed by atoms with E-state index in [1.54, 1.807) is 18.2 Å². The van der Waals surface area contributed by atoms with E-state index in [9.17, 15) is 16.8 Å². The number of sulfone groups is 1. The van der Waals surface area contributed by atoms with Crippen molar-refractivity contribution in [2.24, 2.45) is 0 Å². The van der Waals surface area contributed by atoms with Crippen molar-refractivity contribution in [3.8, 4) is 0 Å². The zero-order valence-electron chi connectivity index (χ0n) is 16.5. The fourth-order valence-electron chi connectivity index (χ4n) is 2.80. The normalized spacial score (nSPS) is 12.7. The van der Waals surface area contributed by atoms with Crippen LogP contribution in [0.3, 0.4) is 0 Å². The first kappa shape index (κ1) is 24.1. The first-order valence-electron chi connectivity index (χ1n) is 8.81. The van der Waals surface area contributed by atoms with Gasteiger partial charge in [0, 0.05) is 19.3 Å². The highest BCUT2D eigenvalue weighted by atomic mass is 35.5. The van der Waals surface area contributed by atoms with E-state index >= 15 is 0 Å². The van der Waals surface area contributed by atoms with Crippen LogP contribution in [0.2, 0.25) is 10.0 Å². The van der Waals surface area contributed by atoms with E-state index < -0.39 is 19.9 Å². The van der Waals surface area contributed by atoms with Crippen molar-refractivity contribution in [2.75, 3.05) is 33.4 Å². The Morgan fingerprint density at radius 1 is 0.862 bits per heavy atom. The topological polar surface area (TPSA) is 74.8 Å². The molecule has 0 aliphatic carbocycles. The Kier molecular flexibility index (Phi) is 8.12. The largest absolute Gasteiger partial charge is 0.309 e. The molecule has 0 aliphatic heterocycles. The summed E-state index contributed by atoms with van der Waals surface area (Å²) in [7, 11) is -4.00. The third-order valence-corrected chi connectivity index (χ3v) is 8.15. The predicted molar refractivity (Wildman–Crippen MR) is 117 cm³/mol. The summed E-state index contributed by atoms with van der Waals surface area (Å²) in [6.07, 6.45) is 1.57. The molecule has 0 bridgehead atoms. The summed E-state index contributed by atoms with van der Waals surface area (Å²) < 4.78 is 52.4. The van der Waals surface area contributed by atoms with Crippen LogP contribution in [0.4, 0.5) is 0 Å². The Morgan fingerprint density at radius 3 is 2.03 bits per heavy atom. The maximum Gasteiger partial charge on any atom is 0.244 e. The average Bonchev–Trinajstić information content (AvgIpc) is 2.63. The first-order valence-corrected chi connectivity index (χ1v) is 12.9. The van der Waals surface area contributed by atoms with Crippen molar-refractivity contribution < 1.29 is 16.8 Å². The highest BCUT2D eigenvalue weighted by Gasteiger charge is 2.29. The molecule has 0 N–H and O–H groups in total. The lowest BCUT2D eigenvalue weighted by Gasteiger charge is -2.24. The lowest BCUT2D eigenvalue weighted by atomic mass is 10.2. The zero-order valence-corrected chi connectivity index (χ0v) is 19.6. The fraction of sp³-hybridized carbons (Fsp3) is 0.368. The minimum atomic E-state index is -4.07. The summed E-state index contributed by atoms with van der Waals surface area (Å²) in [5.41, 5.74) is 0.657. The van der Waals surface area contributed by atoms with E-state index in [1.807, 2.05) is 19.0 Å². The molecule has 160 valence electrons. The number of hydrogen-bond donors (Lipinski definition) is 0. The minimum absolute atomic E-state index is 0.0464. The van der Waals surface area contributed by atoms with Crippen LogP contribution in [0.15, 0.2) is 52.3 Å². The molecule has 0 aromatic heterocycles. The summed E-state index contributed by atoms with van der Waals surface area (Å²) >= 11 is 12.0. The molecule has 0 saturated heterocycles. The molecule has 0 fully saturated rings. The molecule has 29 heavy (non-hydrogen) atoms. The van der Waals surface area contributed by atoms with Crippen LogP contribution in [0.1, 0.15) is 12.0 Å². The third kappa shape index (κ3) is 6.41. The smallest absolute Gasteiger partial charge is 0.244 e. The average molecular weight is 479 g/mol. The van der Waals surface area contributed by atoms with Crippen LogP contribution in [-0.4, -0.2) is 59.5 Å². The van der Waals surface area contributed by atoms with Crippen molar-refractivity contribution in [3.05, 3.63) is 58.1 Å². The molecule has 0 radical (unpaired) electrons. The molecule has 0 saturated carbocycles. The van der Waals surface area contributed by atoms with Crippen LogP contribution in [0.5, 0.6) is 0 Å². The molecule has 0 atom stereocenters. The maximum atomic E-state index is 13.4. The lowest BCUT2D eigenvalue weighted by molar-refractivity contribution is 0.346. The van der Waals surface area contributed by atoms with Crippen LogP contribution in [0.25, 0.3) is 0 Å². The standard InChI is InChI=1S/C19H24Cl2N2O4S2/c1-22(2)11-6-12-23(14-15-9-10-16(20)17(21)13-15)29(26,27)19-8-5-4-7-18(19)28(3,24)25/h4-5,7-10,13H,6,11-12,14H2,1-3H3. The summed E-state index contributed by atoms with van der Waals surface area (Å²) in [6, 6.07) is 10.6. The Labute approximate surface area is 183 Å². The minimum Gasteiger partial charge on any atom is -0.309 e. The van der Waals surface area contributed by atoms with Gasteiger partial charge in [-0.25, -0.2) is 16.8 Å². The maximum absolute atomic E-state index is 13.4. The zero-order chi connectivity index (χ0) is 21.8. The molecular weight excluding hydrogens is 455 g/mol. The number of benzene rings is 2. The Balaban J connectivity index is 2.47. The number of nitrogens with zero attached hydrogens (tertiary/aromatic N) is 2. The van der Waals surface area contributed by atoms with E-state index in [2.05, 4.69) is 0 Å². The third-order valence-electron chi connectivity index (χ3n) is 4.22. The molecular formula is C19H24Cl2N2O4S2. The van der Waals surface area contributed by atoms with E-state index in [1.165, 1.54) is 28.6 Å². The fourth-order valence-corrected chi connectivity index (χ4v) is 6.19. The Morgan fingerprint density at radius 2 is 1.48 bits per heavy atom. The van der Waals surface area contributed by atoms with Gasteiger partial charge in [0.05, 0.1) is 14.9 Å². The van der Waals surface area contributed by atoms with Crippen LogP contribution < -0.4 is 0 Å². The molecule has 10 heteroatoms. The molecule has 0 aliphatic rings. The van der Waals surface area contributed by atoms with Gasteiger partial charge < -0.3 is 4.90 Å². The number of hydrogen-bond acceptors (Lipinski definition) is 5. The van der Waals surface area contributed by atoms with Gasteiger partial charge in [0.25, 0.3) is 0 Å². The van der Waals surface area contributed by atoms with Gasteiger partial charge in [-0.3, -0.25) is 0 Å². The van der Waals surface area contributed by atoms with E-state index in [0.29, 0.717) is 28.6 Å². The Hall–Kier alpha value is -1.16. The van der Waals surface area contributed by atoms with Crippen LogP contribution in [0, 0.1) is 0 Å². The number of halogens is 2. The number of rotatable bonds is 9. The molecule has 6 nitrogen and oxygen atoms in total. The van der Waals surface area contributed by atoms with E-state index in [-0.39, 0.29) is 22.9 Å². The second-order valence-corrected chi connectivity index (χ2v) is 11.7. The van der Waals surface area contributed by atoms with Crippen molar-refractivity contribution >= 4 is 43.1 Å². The highest BCUT2D eigenvalue weighted by molar-refractivity contribution is 7.93. The van der Waals surface area contributed by atoms with Crippen LogP contribution in [-0.2, 0) is 26.4 Å². The molecule has 2 aromatic rings. The molecule has 0 heterocycles. The van der Waals surface area contributed by atoms with Crippen molar-refractivity contribution in [1.82, 2.24) is 9.21 Å².